The van der Waals surface area contributed by atoms with Crippen LogP contribution in [0, 0.1) is 0 Å². The molecule has 9 aromatic rings. The molecular weight excluding hydrogens is 985 g/mol. The fraction of sp³-hybridized carbons (Fsp3) is 0.350. The zero-order chi connectivity index (χ0) is 51.7. The lowest BCUT2D eigenvalue weighted by Gasteiger charge is -2.28. The fourth-order valence-electron chi connectivity index (χ4n) is 11.5. The summed E-state index contributed by atoms with van der Waals surface area (Å²) in [5.74, 6) is 3.65. The van der Waals surface area contributed by atoms with Gasteiger partial charge in [-0.2, -0.15) is 0 Å². The first-order chi connectivity index (χ1) is 36.7. The highest BCUT2D eigenvalue weighted by Gasteiger charge is 2.26. The molecule has 12 nitrogen and oxygen atoms in total. The van der Waals surface area contributed by atoms with Crippen molar-refractivity contribution in [2.45, 2.75) is 113 Å². The number of aromatic nitrogens is 3. The van der Waals surface area contributed by atoms with Gasteiger partial charge in [0.1, 0.15) is 17.5 Å². The molecule has 0 radical (unpaired) electrons. The highest BCUT2D eigenvalue weighted by molar-refractivity contribution is 7.12. The maximum absolute atomic E-state index is 6.15. The lowest BCUT2D eigenvalue weighted by molar-refractivity contribution is 0.360. The van der Waals surface area contributed by atoms with Gasteiger partial charge < -0.3 is 48.1 Å². The number of nitrogens with two attached hydrogens (primary N) is 3. The van der Waals surface area contributed by atoms with E-state index in [-0.39, 0.29) is 0 Å². The van der Waals surface area contributed by atoms with Crippen LogP contribution >= 0.6 is 34.0 Å². The Bertz CT molecular complexity index is 2960. The van der Waals surface area contributed by atoms with Crippen LogP contribution in [0.4, 0.5) is 17.1 Å². The Labute approximate surface area is 452 Å². The van der Waals surface area contributed by atoms with Crippen LogP contribution in [0.2, 0.25) is 0 Å². The second-order valence-corrected chi connectivity index (χ2v) is 23.2. The van der Waals surface area contributed by atoms with Crippen molar-refractivity contribution in [2.75, 3.05) is 21.1 Å². The van der Waals surface area contributed by atoms with Gasteiger partial charge in [0.2, 0.25) is 0 Å². The molecule has 75 heavy (non-hydrogen) atoms. The van der Waals surface area contributed by atoms with Crippen LogP contribution < -0.4 is 33.2 Å². The highest BCUT2D eigenvalue weighted by atomic mass is 32.1. The van der Waals surface area contributed by atoms with Gasteiger partial charge in [-0.3, -0.25) is 0 Å². The number of fused-ring (bicyclic) bond motifs is 3. The van der Waals surface area contributed by atoms with Crippen LogP contribution in [-0.4, -0.2) is 71.7 Å². The molecule has 0 saturated heterocycles. The Morgan fingerprint density at radius 2 is 0.693 bits per heavy atom. The topological polar surface area (TPSA) is 199 Å². The first kappa shape index (κ1) is 52.1. The average Bonchev–Trinajstić information content (AvgIpc) is 4.33. The van der Waals surface area contributed by atoms with Crippen LogP contribution in [0.15, 0.2) is 141 Å². The molecule has 390 valence electrons. The smallest absolute Gasteiger partial charge is 0.141 e. The minimum atomic E-state index is 0.584. The number of rotatable bonds is 12. The molecule has 3 saturated carbocycles. The number of nitrogens with one attached hydrogen (secondary N) is 6. The summed E-state index contributed by atoms with van der Waals surface area (Å²) in [6.45, 7) is 0. The van der Waals surface area contributed by atoms with E-state index < -0.39 is 0 Å². The van der Waals surface area contributed by atoms with E-state index in [1.54, 1.807) is 34.0 Å². The number of H-pyrrole nitrogens is 3. The Morgan fingerprint density at radius 3 is 0.933 bits per heavy atom. The largest absolute Gasteiger partial charge is 0.383 e. The lowest BCUT2D eigenvalue weighted by Crippen LogP contribution is -2.29. The number of nitrogens with zero attached hydrogens (tertiary/aromatic N) is 3. The van der Waals surface area contributed by atoms with Crippen molar-refractivity contribution in [1.82, 2.24) is 30.9 Å². The summed E-state index contributed by atoms with van der Waals surface area (Å²) in [4.78, 5) is 27.2. The monoisotopic (exact) mass is 1060 g/mol. The summed E-state index contributed by atoms with van der Waals surface area (Å²) in [5.41, 5.74) is 29.0. The van der Waals surface area contributed by atoms with Crippen LogP contribution in [0.25, 0.3) is 32.7 Å². The molecule has 3 aliphatic carbocycles. The minimum absolute atomic E-state index is 0.584. The number of amidine groups is 3. The molecule has 3 fully saturated rings. The van der Waals surface area contributed by atoms with Crippen molar-refractivity contribution in [3.63, 3.8) is 0 Å². The molecular formula is C60H72N12S3. The molecule has 15 heteroatoms. The molecule has 6 heterocycles. The van der Waals surface area contributed by atoms with Gasteiger partial charge in [0, 0.05) is 69.4 Å². The molecule has 0 unspecified atom stereocenters. The number of benzene rings is 3. The van der Waals surface area contributed by atoms with Crippen LogP contribution in [0.1, 0.15) is 126 Å². The normalized spacial score (nSPS) is 21.7. The molecule has 0 aliphatic heterocycles. The number of thiophene rings is 3. The minimum Gasteiger partial charge on any atom is -0.383 e. The fourth-order valence-corrected chi connectivity index (χ4v) is 13.4. The van der Waals surface area contributed by atoms with Gasteiger partial charge in [-0.25, -0.2) is 15.0 Å². The third kappa shape index (κ3) is 12.5. The third-order valence-electron chi connectivity index (χ3n) is 15.9. The van der Waals surface area contributed by atoms with E-state index in [0.717, 1.165) is 31.7 Å². The van der Waals surface area contributed by atoms with Gasteiger partial charge in [-0.1, -0.05) is 18.2 Å². The first-order valence-electron chi connectivity index (χ1n) is 26.7. The molecule has 0 bridgehead atoms. The third-order valence-corrected chi connectivity index (χ3v) is 18.6. The highest BCUT2D eigenvalue weighted by Crippen LogP contribution is 2.41. The van der Waals surface area contributed by atoms with Crippen LogP contribution in [0.3, 0.4) is 0 Å². The zero-order valence-corrected chi connectivity index (χ0v) is 45.8. The van der Waals surface area contributed by atoms with E-state index in [1.807, 2.05) is 70.7 Å². The standard InChI is InChI=1S/3C20H24N4S/c3*1-22-14-6-4-13(5-7-14)17-12-23-18-9-8-15(11-16(17)18)24-20(21)19-3-2-10-25-19/h3*2-3,8-14,22-23H,4-7H2,1H3,(H2,21,24). The second kappa shape index (κ2) is 24.6. The predicted molar refractivity (Wildman–Crippen MR) is 321 cm³/mol. The summed E-state index contributed by atoms with van der Waals surface area (Å²) in [6.07, 6.45) is 21.5. The molecule has 12 rings (SSSR count). The van der Waals surface area contributed by atoms with Gasteiger partial charge in [-0.15, -0.1) is 34.0 Å². The quantitative estimate of drug-likeness (QED) is 0.0431. The maximum atomic E-state index is 6.15. The number of aliphatic imine (C=N–C) groups is 3. The van der Waals surface area contributed by atoms with E-state index in [2.05, 4.69) is 122 Å². The van der Waals surface area contributed by atoms with Crippen LogP contribution in [0.5, 0.6) is 0 Å². The molecule has 0 amide bonds. The van der Waals surface area contributed by atoms with Gasteiger partial charge >= 0.3 is 0 Å². The number of hydrogen-bond donors (Lipinski definition) is 9. The second-order valence-electron chi connectivity index (χ2n) is 20.4. The van der Waals surface area contributed by atoms with Crippen molar-refractivity contribution in [1.29, 1.82) is 0 Å². The summed E-state index contributed by atoms with van der Waals surface area (Å²) in [5, 5.41) is 20.2. The Balaban J connectivity index is 0.000000128. The number of aromatic amines is 3. The van der Waals surface area contributed by atoms with E-state index in [9.17, 15) is 0 Å². The SMILES string of the molecule is CNC1CCC(c2c[nH]c3ccc(N=C(N)c4cccs4)cc23)CC1.CNC1CCC(c2c[nH]c3ccc(N=C(N)c4cccs4)cc23)CC1.CNC1CCC(c2c[nH]c3ccc(N=C(N)c4cccs4)cc23)CC1. The van der Waals surface area contributed by atoms with E-state index in [4.69, 9.17) is 17.2 Å². The summed E-state index contributed by atoms with van der Waals surface area (Å²) in [6, 6.07) is 33.0. The number of hydrogen-bond acceptors (Lipinski definition) is 9. The summed E-state index contributed by atoms with van der Waals surface area (Å²) < 4.78 is 0. The molecule has 0 atom stereocenters. The maximum Gasteiger partial charge on any atom is 0.141 e. The van der Waals surface area contributed by atoms with Gasteiger partial charge in [0.15, 0.2) is 0 Å². The first-order valence-corrected chi connectivity index (χ1v) is 29.4. The molecule has 6 aromatic heterocycles. The van der Waals surface area contributed by atoms with Gasteiger partial charge in [0.05, 0.1) is 31.7 Å². The van der Waals surface area contributed by atoms with Crippen molar-refractivity contribution >= 4 is 101 Å². The van der Waals surface area contributed by atoms with E-state index in [0.29, 0.717) is 53.4 Å². The zero-order valence-electron chi connectivity index (χ0n) is 43.4. The van der Waals surface area contributed by atoms with E-state index in [1.165, 1.54) is 126 Å². The molecule has 3 aromatic carbocycles. The predicted octanol–water partition coefficient (Wildman–Crippen LogP) is 13.5. The van der Waals surface area contributed by atoms with Gasteiger partial charge in [-0.05, 0) is 222 Å². The van der Waals surface area contributed by atoms with Gasteiger partial charge in [0.25, 0.3) is 0 Å². The molecule has 0 spiro atoms. The molecule has 12 N–H and O–H groups in total. The average molecular weight is 1060 g/mol. The lowest BCUT2D eigenvalue weighted by atomic mass is 9.81. The Morgan fingerprint density at radius 1 is 0.413 bits per heavy atom. The van der Waals surface area contributed by atoms with Crippen LogP contribution in [-0.2, 0) is 0 Å². The summed E-state index contributed by atoms with van der Waals surface area (Å²) in [7, 11) is 6.21. The van der Waals surface area contributed by atoms with Crippen molar-refractivity contribution in [2.24, 2.45) is 32.2 Å². The van der Waals surface area contributed by atoms with Crippen molar-refractivity contribution < 1.29 is 0 Å². The Hall–Kier alpha value is -6.33. The summed E-state index contributed by atoms with van der Waals surface area (Å²) >= 11 is 4.85. The van der Waals surface area contributed by atoms with E-state index >= 15 is 0 Å². The Kier molecular flexibility index (Phi) is 17.1. The molecule has 3 aliphatic rings. The van der Waals surface area contributed by atoms with Crippen molar-refractivity contribution in [3.05, 3.63) is 157 Å². The van der Waals surface area contributed by atoms with Crippen molar-refractivity contribution in [3.8, 4) is 0 Å².